The summed E-state index contributed by atoms with van der Waals surface area (Å²) in [5.74, 6) is 0.129. The van der Waals surface area contributed by atoms with Gasteiger partial charge in [-0.15, -0.1) is 0 Å². The molecule has 1 atom stereocenters. The van der Waals surface area contributed by atoms with Gasteiger partial charge in [-0.1, -0.05) is 44.2 Å². The number of carbonyl (C=O) groups excluding carboxylic acids is 2. The highest BCUT2D eigenvalue weighted by molar-refractivity contribution is 6.04. The summed E-state index contributed by atoms with van der Waals surface area (Å²) in [5, 5.41) is 2.94. The lowest BCUT2D eigenvalue weighted by atomic mass is 10.0. The van der Waals surface area contributed by atoms with Crippen LogP contribution in [0.4, 0.5) is 11.4 Å². The van der Waals surface area contributed by atoms with Gasteiger partial charge in [-0.2, -0.15) is 0 Å². The van der Waals surface area contributed by atoms with Gasteiger partial charge in [-0.3, -0.25) is 9.59 Å². The van der Waals surface area contributed by atoms with E-state index in [0.717, 1.165) is 29.7 Å². The Bertz CT molecular complexity index is 840. The van der Waals surface area contributed by atoms with Crippen molar-refractivity contribution in [1.29, 1.82) is 0 Å². The summed E-state index contributed by atoms with van der Waals surface area (Å²) in [6, 6.07) is 13.5. The summed E-state index contributed by atoms with van der Waals surface area (Å²) in [5.41, 5.74) is 3.93. The predicted octanol–water partition coefficient (Wildman–Crippen LogP) is 4.20. The Morgan fingerprint density at radius 1 is 1.07 bits per heavy atom. The summed E-state index contributed by atoms with van der Waals surface area (Å²) >= 11 is 0. The molecule has 2 aromatic rings. The largest absolute Gasteiger partial charge is 0.492 e. The van der Waals surface area contributed by atoms with Crippen LogP contribution in [0.25, 0.3) is 0 Å². The van der Waals surface area contributed by atoms with Crippen molar-refractivity contribution in [3.63, 3.8) is 0 Å². The summed E-state index contributed by atoms with van der Waals surface area (Å²) < 4.78 is 5.58. The summed E-state index contributed by atoms with van der Waals surface area (Å²) in [4.78, 5) is 27.4. The van der Waals surface area contributed by atoms with E-state index in [9.17, 15) is 9.59 Å². The van der Waals surface area contributed by atoms with Crippen molar-refractivity contribution in [2.75, 3.05) is 23.4 Å². The highest BCUT2D eigenvalue weighted by Crippen LogP contribution is 2.33. The average molecular weight is 380 g/mol. The van der Waals surface area contributed by atoms with Crippen molar-refractivity contribution < 1.29 is 14.3 Å². The topological polar surface area (TPSA) is 58.6 Å². The van der Waals surface area contributed by atoms with Crippen molar-refractivity contribution in [3.05, 3.63) is 53.6 Å². The van der Waals surface area contributed by atoms with E-state index < -0.39 is 0 Å². The average Bonchev–Trinajstić information content (AvgIpc) is 3.10. The van der Waals surface area contributed by atoms with Gasteiger partial charge in [0.25, 0.3) is 0 Å². The van der Waals surface area contributed by atoms with Crippen LogP contribution in [0.5, 0.6) is 5.75 Å². The highest BCUT2D eigenvalue weighted by Gasteiger charge is 2.36. The van der Waals surface area contributed by atoms with E-state index in [1.807, 2.05) is 37.3 Å². The standard InChI is InChI=1S/C23H28N2O3/c1-4-16-10-9-11-17(5-2)22(16)25-15-18(14-21(25)26)23(27)24-19-12-7-8-13-20(19)28-6-3/h7-13,18H,4-6,14-15H2,1-3H3,(H,24,27)/t18-/m1/s1. The molecule has 0 spiro atoms. The number of hydrogen-bond acceptors (Lipinski definition) is 3. The highest BCUT2D eigenvalue weighted by atomic mass is 16.5. The van der Waals surface area contributed by atoms with E-state index in [2.05, 4.69) is 31.3 Å². The zero-order chi connectivity index (χ0) is 20.1. The maximum Gasteiger partial charge on any atom is 0.229 e. The normalized spacial score (nSPS) is 16.3. The monoisotopic (exact) mass is 380 g/mol. The van der Waals surface area contributed by atoms with Gasteiger partial charge in [0.05, 0.1) is 18.2 Å². The lowest BCUT2D eigenvalue weighted by Gasteiger charge is -2.23. The predicted molar refractivity (Wildman–Crippen MR) is 112 cm³/mol. The Hall–Kier alpha value is -2.82. The van der Waals surface area contributed by atoms with Gasteiger partial charge >= 0.3 is 0 Å². The Balaban J connectivity index is 1.79. The van der Waals surface area contributed by atoms with Crippen LogP contribution in [0.1, 0.15) is 38.3 Å². The summed E-state index contributed by atoms with van der Waals surface area (Å²) in [6.45, 7) is 7.02. The van der Waals surface area contributed by atoms with Gasteiger partial charge in [-0.05, 0) is 43.0 Å². The van der Waals surface area contributed by atoms with Crippen molar-refractivity contribution in [1.82, 2.24) is 0 Å². The molecule has 2 amide bonds. The number of ether oxygens (including phenoxy) is 1. The number of carbonyl (C=O) groups is 2. The molecule has 1 fully saturated rings. The number of nitrogens with zero attached hydrogens (tertiary/aromatic N) is 1. The smallest absolute Gasteiger partial charge is 0.229 e. The molecule has 0 saturated carbocycles. The first-order chi connectivity index (χ1) is 13.6. The van der Waals surface area contributed by atoms with Gasteiger partial charge in [0.2, 0.25) is 11.8 Å². The molecular weight excluding hydrogens is 352 g/mol. The van der Waals surface area contributed by atoms with Gasteiger partial charge in [0.1, 0.15) is 5.75 Å². The number of anilines is 2. The minimum Gasteiger partial charge on any atom is -0.492 e. The van der Waals surface area contributed by atoms with Crippen LogP contribution in [0.15, 0.2) is 42.5 Å². The van der Waals surface area contributed by atoms with E-state index in [4.69, 9.17) is 4.74 Å². The molecule has 0 aliphatic carbocycles. The first-order valence-corrected chi connectivity index (χ1v) is 10.0. The number of amides is 2. The quantitative estimate of drug-likeness (QED) is 0.783. The first-order valence-electron chi connectivity index (χ1n) is 10.0. The molecule has 148 valence electrons. The number of hydrogen-bond donors (Lipinski definition) is 1. The molecule has 1 saturated heterocycles. The number of rotatable bonds is 7. The van der Waals surface area contributed by atoms with Crippen LogP contribution in [-0.2, 0) is 22.4 Å². The van der Waals surface area contributed by atoms with Crippen LogP contribution in [0.2, 0.25) is 0 Å². The third kappa shape index (κ3) is 4.03. The lowest BCUT2D eigenvalue weighted by molar-refractivity contribution is -0.122. The second-order valence-electron chi connectivity index (χ2n) is 6.96. The molecule has 1 N–H and O–H groups in total. The van der Waals surface area contributed by atoms with Crippen LogP contribution < -0.4 is 15.0 Å². The number of nitrogens with one attached hydrogen (secondary N) is 1. The fraction of sp³-hybridized carbons (Fsp3) is 0.391. The van der Waals surface area contributed by atoms with Gasteiger partial charge in [0.15, 0.2) is 0 Å². The molecule has 0 unspecified atom stereocenters. The van der Waals surface area contributed by atoms with Gasteiger partial charge < -0.3 is 15.0 Å². The minimum absolute atomic E-state index is 0.00819. The lowest BCUT2D eigenvalue weighted by Crippen LogP contribution is -2.29. The fourth-order valence-electron chi connectivity index (χ4n) is 3.75. The molecule has 2 aromatic carbocycles. The molecule has 1 heterocycles. The van der Waals surface area contributed by atoms with Crippen LogP contribution in [0.3, 0.4) is 0 Å². The van der Waals surface area contributed by atoms with Gasteiger partial charge in [-0.25, -0.2) is 0 Å². The molecule has 3 rings (SSSR count). The molecule has 0 aromatic heterocycles. The van der Waals surface area contributed by atoms with E-state index >= 15 is 0 Å². The summed E-state index contributed by atoms with van der Waals surface area (Å²) in [6.07, 6.45) is 1.93. The Morgan fingerprint density at radius 3 is 2.39 bits per heavy atom. The van der Waals surface area contributed by atoms with Crippen LogP contribution >= 0.6 is 0 Å². The van der Waals surface area contributed by atoms with Crippen molar-refractivity contribution >= 4 is 23.2 Å². The molecule has 1 aliphatic rings. The first kappa shape index (κ1) is 19.9. The van der Waals surface area contributed by atoms with Crippen molar-refractivity contribution in [3.8, 4) is 5.75 Å². The van der Waals surface area contributed by atoms with Crippen LogP contribution in [-0.4, -0.2) is 25.0 Å². The summed E-state index contributed by atoms with van der Waals surface area (Å²) in [7, 11) is 0. The molecule has 28 heavy (non-hydrogen) atoms. The fourth-order valence-corrected chi connectivity index (χ4v) is 3.75. The number of aryl methyl sites for hydroxylation is 2. The zero-order valence-electron chi connectivity index (χ0n) is 16.8. The molecule has 0 radical (unpaired) electrons. The second kappa shape index (κ2) is 8.91. The zero-order valence-corrected chi connectivity index (χ0v) is 16.8. The third-order valence-electron chi connectivity index (χ3n) is 5.18. The Morgan fingerprint density at radius 2 is 1.75 bits per heavy atom. The van der Waals surface area contributed by atoms with Crippen molar-refractivity contribution in [2.45, 2.75) is 40.0 Å². The number of para-hydroxylation sites is 3. The molecule has 5 heteroatoms. The SMILES string of the molecule is CCOc1ccccc1NC(=O)[C@@H]1CC(=O)N(c2c(CC)cccc2CC)C1. The van der Waals surface area contributed by atoms with E-state index in [1.165, 1.54) is 0 Å². The molecule has 0 bridgehead atoms. The third-order valence-corrected chi connectivity index (χ3v) is 5.18. The van der Waals surface area contributed by atoms with Crippen molar-refractivity contribution in [2.24, 2.45) is 5.92 Å². The van der Waals surface area contributed by atoms with E-state index in [-0.39, 0.29) is 24.2 Å². The van der Waals surface area contributed by atoms with Gasteiger partial charge in [0, 0.05) is 18.7 Å². The van der Waals surface area contributed by atoms with E-state index in [1.54, 1.807) is 4.90 Å². The maximum atomic E-state index is 12.9. The van der Waals surface area contributed by atoms with E-state index in [0.29, 0.717) is 24.6 Å². The second-order valence-corrected chi connectivity index (χ2v) is 6.96. The maximum absolute atomic E-state index is 12.9. The Labute approximate surface area is 166 Å². The van der Waals surface area contributed by atoms with Crippen LogP contribution in [0, 0.1) is 5.92 Å². The molecule has 1 aliphatic heterocycles. The molecule has 5 nitrogen and oxygen atoms in total. The number of benzene rings is 2. The molecular formula is C23H28N2O3. The Kier molecular flexibility index (Phi) is 6.34. The minimum atomic E-state index is -0.378.